The van der Waals surface area contributed by atoms with Gasteiger partial charge in [-0.05, 0) is 172 Å². The van der Waals surface area contributed by atoms with Crippen molar-refractivity contribution in [3.05, 3.63) is 53.6 Å². The first kappa shape index (κ1) is 36.4. The highest BCUT2D eigenvalue weighted by molar-refractivity contribution is 5.90. The van der Waals surface area contributed by atoms with Crippen molar-refractivity contribution in [1.82, 2.24) is 0 Å². The molecule has 0 aromatic heterocycles. The van der Waals surface area contributed by atoms with E-state index in [4.69, 9.17) is 4.74 Å². The predicted molar refractivity (Wildman–Crippen MR) is 197 cm³/mol. The summed E-state index contributed by atoms with van der Waals surface area (Å²) in [5, 5.41) is 20.3. The third kappa shape index (κ3) is 5.58. The van der Waals surface area contributed by atoms with Gasteiger partial charge in [0, 0.05) is 6.61 Å². The quantitative estimate of drug-likeness (QED) is 0.163. The van der Waals surface area contributed by atoms with E-state index in [1.54, 1.807) is 0 Å². The molecule has 5 aliphatic carbocycles. The molecule has 0 bridgehead atoms. The van der Waals surface area contributed by atoms with Crippen LogP contribution in [-0.4, -0.2) is 34.4 Å². The molecule has 0 unspecified atom stereocenters. The number of hydrogen-bond donors (Lipinski definition) is 2. The molecular formula is C44H64O5. The van der Waals surface area contributed by atoms with Crippen molar-refractivity contribution in [2.24, 2.45) is 56.7 Å². The maximum atomic E-state index is 13.2. The summed E-state index contributed by atoms with van der Waals surface area (Å²) in [5.74, 6) is 1.09. The molecule has 1 aromatic carbocycles. The van der Waals surface area contributed by atoms with Gasteiger partial charge in [-0.1, -0.05) is 65.0 Å². The summed E-state index contributed by atoms with van der Waals surface area (Å²) in [6, 6.07) is 8.07. The number of carbonyl (C=O) groups excluding carboxylic acids is 1. The van der Waals surface area contributed by atoms with Gasteiger partial charge >= 0.3 is 11.9 Å². The molecule has 1 aromatic rings. The average Bonchev–Trinajstić information content (AvgIpc) is 3.42. The van der Waals surface area contributed by atoms with Crippen molar-refractivity contribution in [1.29, 1.82) is 0 Å². The number of carboxylic acids is 1. The number of aliphatic hydroxyl groups excluding tert-OH is 1. The van der Waals surface area contributed by atoms with E-state index in [1.807, 2.05) is 32.9 Å². The van der Waals surface area contributed by atoms with Crippen molar-refractivity contribution in [3.63, 3.8) is 0 Å². The molecule has 9 atom stereocenters. The molecule has 0 saturated heterocycles. The fourth-order valence-electron chi connectivity index (χ4n) is 13.3. The summed E-state index contributed by atoms with van der Waals surface area (Å²) in [6.07, 6.45) is 14.4. The van der Waals surface area contributed by atoms with Gasteiger partial charge in [0.05, 0.1) is 11.0 Å². The Morgan fingerprint density at radius 2 is 1.57 bits per heavy atom. The normalized spacial score (nSPS) is 39.4. The van der Waals surface area contributed by atoms with Crippen LogP contribution in [0.1, 0.15) is 148 Å². The number of ether oxygens (including phenoxy) is 1. The zero-order valence-electron chi connectivity index (χ0n) is 31.8. The SMILES string of the molecule is C=C(CCCCO)[C@@H]1CC[C@]2(C(=O)O)CC[C@]3(C)[C@H](CC[C@@H]4[C@@]5(C)CC=C(c6ccc(C(=O)OC(C)(C)C)cc6)C(C)(C)[C@@H]5CC[C@]43C)[C@@H]12. The number of aliphatic carboxylic acids is 1. The van der Waals surface area contributed by atoms with E-state index in [0.717, 1.165) is 57.8 Å². The Bertz CT molecular complexity index is 1500. The number of carboxylic acid groups (broad SMARTS) is 1. The van der Waals surface area contributed by atoms with Crippen molar-refractivity contribution in [3.8, 4) is 0 Å². The molecule has 49 heavy (non-hydrogen) atoms. The molecule has 0 heterocycles. The summed E-state index contributed by atoms with van der Waals surface area (Å²) < 4.78 is 5.62. The van der Waals surface area contributed by atoms with Gasteiger partial charge in [0.2, 0.25) is 0 Å². The highest BCUT2D eigenvalue weighted by Gasteiger charge is 2.71. The van der Waals surface area contributed by atoms with Gasteiger partial charge in [-0.15, -0.1) is 0 Å². The van der Waals surface area contributed by atoms with Crippen LogP contribution < -0.4 is 0 Å². The Kier molecular flexibility index (Phi) is 9.19. The zero-order chi connectivity index (χ0) is 35.8. The van der Waals surface area contributed by atoms with Crippen molar-refractivity contribution < 1.29 is 24.5 Å². The van der Waals surface area contributed by atoms with Gasteiger partial charge in [0.25, 0.3) is 0 Å². The molecule has 0 aliphatic heterocycles. The fraction of sp³-hybridized carbons (Fsp3) is 0.727. The molecule has 4 saturated carbocycles. The van der Waals surface area contributed by atoms with Gasteiger partial charge in [-0.25, -0.2) is 4.79 Å². The number of esters is 1. The Morgan fingerprint density at radius 3 is 2.20 bits per heavy atom. The van der Waals surface area contributed by atoms with E-state index in [2.05, 4.69) is 59.4 Å². The lowest BCUT2D eigenvalue weighted by Gasteiger charge is -2.72. The summed E-state index contributed by atoms with van der Waals surface area (Å²) >= 11 is 0. The summed E-state index contributed by atoms with van der Waals surface area (Å²) in [5.41, 5.74) is 3.66. The summed E-state index contributed by atoms with van der Waals surface area (Å²) in [4.78, 5) is 25.9. The van der Waals surface area contributed by atoms with Crippen LogP contribution in [-0.2, 0) is 9.53 Å². The van der Waals surface area contributed by atoms with Gasteiger partial charge < -0.3 is 14.9 Å². The number of hydrogen-bond acceptors (Lipinski definition) is 4. The highest BCUT2D eigenvalue weighted by Crippen LogP contribution is 2.77. The molecule has 0 radical (unpaired) electrons. The molecule has 270 valence electrons. The Balaban J connectivity index is 1.30. The molecule has 2 N–H and O–H groups in total. The Morgan fingerprint density at radius 1 is 0.878 bits per heavy atom. The first-order chi connectivity index (χ1) is 22.9. The van der Waals surface area contributed by atoms with Crippen LogP contribution in [0, 0.1) is 56.7 Å². The second kappa shape index (κ2) is 12.4. The molecule has 0 amide bonds. The van der Waals surface area contributed by atoms with Crippen LogP contribution in [0.4, 0.5) is 0 Å². The van der Waals surface area contributed by atoms with E-state index in [9.17, 15) is 19.8 Å². The maximum absolute atomic E-state index is 13.2. The first-order valence-electron chi connectivity index (χ1n) is 19.4. The lowest BCUT2D eigenvalue weighted by Crippen LogP contribution is -2.65. The Hall–Kier alpha value is -2.40. The van der Waals surface area contributed by atoms with Gasteiger partial charge in [-0.2, -0.15) is 0 Å². The lowest BCUT2D eigenvalue weighted by atomic mass is 9.32. The monoisotopic (exact) mass is 672 g/mol. The minimum Gasteiger partial charge on any atom is -0.481 e. The number of rotatable bonds is 8. The summed E-state index contributed by atoms with van der Waals surface area (Å²) in [6.45, 7) is 23.2. The van der Waals surface area contributed by atoms with Crippen molar-refractivity contribution >= 4 is 17.5 Å². The molecule has 5 aliphatic rings. The summed E-state index contributed by atoms with van der Waals surface area (Å²) in [7, 11) is 0. The number of benzene rings is 1. The predicted octanol–water partition coefficient (Wildman–Crippen LogP) is 10.5. The van der Waals surface area contributed by atoms with E-state index < -0.39 is 17.0 Å². The highest BCUT2D eigenvalue weighted by atomic mass is 16.6. The maximum Gasteiger partial charge on any atom is 0.338 e. The van der Waals surface area contributed by atoms with Crippen LogP contribution >= 0.6 is 0 Å². The second-order valence-electron chi connectivity index (χ2n) is 19.3. The topological polar surface area (TPSA) is 83.8 Å². The molecular weight excluding hydrogens is 608 g/mol. The smallest absolute Gasteiger partial charge is 0.338 e. The van der Waals surface area contributed by atoms with E-state index in [0.29, 0.717) is 23.3 Å². The lowest BCUT2D eigenvalue weighted by molar-refractivity contribution is -0.228. The third-order valence-electron chi connectivity index (χ3n) is 15.7. The first-order valence-corrected chi connectivity index (χ1v) is 19.4. The van der Waals surface area contributed by atoms with Gasteiger partial charge in [0.1, 0.15) is 5.60 Å². The van der Waals surface area contributed by atoms with Crippen LogP contribution in [0.25, 0.3) is 5.57 Å². The standard InChI is InChI=1S/C44H64O5/c1-28(12-10-11-27-45)31-19-24-44(38(47)48)26-25-42(8)33(36(31)44)17-18-35-41(7)22-20-32(40(5,6)34(41)21-23-43(35,42)9)29-13-15-30(16-14-29)37(46)49-39(2,3)4/h13-16,20,31,33-36,45H,1,10-12,17-19,21-27H2,2-9H3,(H,47,48)/t31-,33+,34-,35+,36+,41-,42+,43+,44-/m0/s1. The van der Waals surface area contributed by atoms with Crippen molar-refractivity contribution in [2.75, 3.05) is 6.61 Å². The number of fused-ring (bicyclic) bond motifs is 7. The Labute approximate surface area is 296 Å². The van der Waals surface area contributed by atoms with Gasteiger partial charge in [-0.3, -0.25) is 4.79 Å². The molecule has 6 rings (SSSR count). The van der Waals surface area contributed by atoms with Gasteiger partial charge in [0.15, 0.2) is 0 Å². The number of allylic oxidation sites excluding steroid dienone is 3. The molecule has 5 heteroatoms. The van der Waals surface area contributed by atoms with E-state index in [-0.39, 0.29) is 46.1 Å². The number of carbonyl (C=O) groups is 2. The minimum atomic E-state index is -0.622. The van der Waals surface area contributed by atoms with E-state index in [1.165, 1.54) is 36.0 Å². The van der Waals surface area contributed by atoms with Crippen LogP contribution in [0.15, 0.2) is 42.5 Å². The molecule has 0 spiro atoms. The number of unbranched alkanes of at least 4 members (excludes halogenated alkanes) is 1. The fourth-order valence-corrected chi connectivity index (χ4v) is 13.3. The minimum absolute atomic E-state index is 0.0204. The third-order valence-corrected chi connectivity index (χ3v) is 15.7. The zero-order valence-corrected chi connectivity index (χ0v) is 31.8. The second-order valence-corrected chi connectivity index (χ2v) is 19.3. The largest absolute Gasteiger partial charge is 0.481 e. The van der Waals surface area contributed by atoms with Crippen LogP contribution in [0.5, 0.6) is 0 Å². The molecule has 4 fully saturated rings. The molecule has 5 nitrogen and oxygen atoms in total. The van der Waals surface area contributed by atoms with Crippen LogP contribution in [0.2, 0.25) is 0 Å². The van der Waals surface area contributed by atoms with E-state index >= 15 is 0 Å². The van der Waals surface area contributed by atoms with Crippen LogP contribution in [0.3, 0.4) is 0 Å². The number of aliphatic hydroxyl groups is 1. The average molecular weight is 673 g/mol. The van der Waals surface area contributed by atoms with Crippen molar-refractivity contribution in [2.45, 2.75) is 138 Å².